The van der Waals surface area contributed by atoms with Crippen LogP contribution in [0.4, 0.5) is 0 Å². The molecule has 24 heavy (non-hydrogen) atoms. The summed E-state index contributed by atoms with van der Waals surface area (Å²) in [6.45, 7) is 4.95. The maximum Gasteiger partial charge on any atom is 0.305 e. The molecule has 6 heteroatoms. The van der Waals surface area contributed by atoms with Gasteiger partial charge in [0.1, 0.15) is 0 Å². The Morgan fingerprint density at radius 3 is 2.67 bits per heavy atom. The highest BCUT2D eigenvalue weighted by atomic mass is 32.1. The third kappa shape index (κ3) is 5.60. The number of aliphatic carboxylic acids is 1. The average molecular weight is 348 g/mol. The van der Waals surface area contributed by atoms with Crippen molar-refractivity contribution in [1.29, 1.82) is 0 Å². The van der Waals surface area contributed by atoms with E-state index in [9.17, 15) is 9.59 Å². The number of para-hydroxylation sites is 1. The molecule has 5 nitrogen and oxygen atoms in total. The van der Waals surface area contributed by atoms with Gasteiger partial charge in [0.2, 0.25) is 5.91 Å². The van der Waals surface area contributed by atoms with Crippen LogP contribution in [0.1, 0.15) is 38.1 Å². The first-order chi connectivity index (χ1) is 11.5. The lowest BCUT2D eigenvalue weighted by Crippen LogP contribution is -2.35. The van der Waals surface area contributed by atoms with Crippen molar-refractivity contribution >= 4 is 33.4 Å². The zero-order valence-corrected chi connectivity index (χ0v) is 15.0. The molecule has 1 amide bonds. The molecule has 0 saturated carbocycles. The lowest BCUT2D eigenvalue weighted by Gasteiger charge is -2.24. The molecule has 0 fully saturated rings. The van der Waals surface area contributed by atoms with E-state index in [4.69, 9.17) is 5.11 Å². The number of rotatable bonds is 9. The second-order valence-electron chi connectivity index (χ2n) is 6.31. The number of hydrogen-bond acceptors (Lipinski definition) is 4. The Morgan fingerprint density at radius 1 is 1.25 bits per heavy atom. The molecular weight excluding hydrogens is 324 g/mol. The second-order valence-corrected chi connectivity index (χ2v) is 7.42. The van der Waals surface area contributed by atoms with Crippen molar-refractivity contribution in [3.05, 3.63) is 29.3 Å². The molecule has 2 rings (SSSR count). The Hall–Kier alpha value is -1.95. The number of aryl methyl sites for hydroxylation is 1. The number of amides is 1. The largest absolute Gasteiger partial charge is 0.481 e. The van der Waals surface area contributed by atoms with Gasteiger partial charge < -0.3 is 10.0 Å². The summed E-state index contributed by atoms with van der Waals surface area (Å²) in [4.78, 5) is 29.4. The molecule has 0 radical (unpaired) electrons. The number of carboxylic acid groups (broad SMARTS) is 1. The summed E-state index contributed by atoms with van der Waals surface area (Å²) >= 11 is 1.67. The first-order valence-electron chi connectivity index (χ1n) is 8.29. The second kappa shape index (κ2) is 8.78. The molecule has 1 N–H and O–H groups in total. The SMILES string of the molecule is CC(C)CN(CCC(=O)O)C(=O)CCCc1nc2ccccc2s1. The lowest BCUT2D eigenvalue weighted by molar-refractivity contribution is -0.138. The highest BCUT2D eigenvalue weighted by Crippen LogP contribution is 2.22. The van der Waals surface area contributed by atoms with Crippen LogP contribution in [-0.2, 0) is 16.0 Å². The molecule has 0 saturated heterocycles. The Bertz CT molecular complexity index is 663. The van der Waals surface area contributed by atoms with E-state index >= 15 is 0 Å². The van der Waals surface area contributed by atoms with E-state index in [1.807, 2.05) is 32.0 Å². The topological polar surface area (TPSA) is 70.5 Å². The van der Waals surface area contributed by atoms with Gasteiger partial charge in [-0.2, -0.15) is 0 Å². The van der Waals surface area contributed by atoms with Crippen LogP contribution in [0.15, 0.2) is 24.3 Å². The number of carboxylic acids is 1. The molecule has 0 atom stereocenters. The number of carbonyl (C=O) groups excluding carboxylic acids is 1. The Morgan fingerprint density at radius 2 is 2.00 bits per heavy atom. The first-order valence-corrected chi connectivity index (χ1v) is 9.11. The van der Waals surface area contributed by atoms with Gasteiger partial charge in [0.15, 0.2) is 0 Å². The highest BCUT2D eigenvalue weighted by molar-refractivity contribution is 7.18. The van der Waals surface area contributed by atoms with Crippen LogP contribution in [-0.4, -0.2) is 40.0 Å². The van der Waals surface area contributed by atoms with Crippen molar-refractivity contribution in [3.63, 3.8) is 0 Å². The smallest absolute Gasteiger partial charge is 0.305 e. The van der Waals surface area contributed by atoms with Crippen LogP contribution in [0.5, 0.6) is 0 Å². The van der Waals surface area contributed by atoms with E-state index < -0.39 is 5.97 Å². The van der Waals surface area contributed by atoms with Crippen LogP contribution in [0.25, 0.3) is 10.2 Å². The Balaban J connectivity index is 1.85. The van der Waals surface area contributed by atoms with Crippen LogP contribution in [0, 0.1) is 5.92 Å². The minimum absolute atomic E-state index is 0.00364. The van der Waals surface area contributed by atoms with Gasteiger partial charge in [-0.25, -0.2) is 4.98 Å². The molecular formula is C18H24N2O3S. The summed E-state index contributed by atoms with van der Waals surface area (Å²) in [5, 5.41) is 9.87. The van der Waals surface area contributed by atoms with Crippen molar-refractivity contribution in [2.24, 2.45) is 5.92 Å². The molecule has 1 aromatic carbocycles. The monoisotopic (exact) mass is 348 g/mol. The van der Waals surface area contributed by atoms with Gasteiger partial charge >= 0.3 is 5.97 Å². The minimum Gasteiger partial charge on any atom is -0.481 e. The lowest BCUT2D eigenvalue weighted by atomic mass is 10.1. The summed E-state index contributed by atoms with van der Waals surface area (Å²) in [6, 6.07) is 8.02. The van der Waals surface area contributed by atoms with Gasteiger partial charge in [-0.3, -0.25) is 9.59 Å². The fourth-order valence-corrected chi connectivity index (χ4v) is 3.57. The quantitative estimate of drug-likeness (QED) is 0.752. The number of nitrogens with zero attached hydrogens (tertiary/aromatic N) is 2. The molecule has 0 aliphatic heterocycles. The van der Waals surface area contributed by atoms with E-state index in [0.29, 0.717) is 18.9 Å². The normalized spacial score (nSPS) is 11.1. The predicted octanol–water partition coefficient (Wildman–Crippen LogP) is 3.58. The molecule has 0 bridgehead atoms. The van der Waals surface area contributed by atoms with E-state index in [0.717, 1.165) is 23.4 Å². The third-order valence-electron chi connectivity index (χ3n) is 3.65. The van der Waals surface area contributed by atoms with Crippen molar-refractivity contribution in [3.8, 4) is 0 Å². The first kappa shape index (κ1) is 18.4. The van der Waals surface area contributed by atoms with Crippen molar-refractivity contribution in [2.75, 3.05) is 13.1 Å². The fourth-order valence-electron chi connectivity index (χ4n) is 2.56. The number of fused-ring (bicyclic) bond motifs is 1. The van der Waals surface area contributed by atoms with Crippen molar-refractivity contribution < 1.29 is 14.7 Å². The maximum absolute atomic E-state index is 12.4. The molecule has 1 aromatic heterocycles. The van der Waals surface area contributed by atoms with E-state index in [-0.39, 0.29) is 18.9 Å². The summed E-state index contributed by atoms with van der Waals surface area (Å²) in [5.41, 5.74) is 1.01. The molecule has 0 aliphatic rings. The molecule has 130 valence electrons. The average Bonchev–Trinajstić information content (AvgIpc) is 2.93. The van der Waals surface area contributed by atoms with E-state index in [1.165, 1.54) is 4.70 Å². The van der Waals surface area contributed by atoms with Crippen molar-refractivity contribution in [1.82, 2.24) is 9.88 Å². The van der Waals surface area contributed by atoms with Crippen LogP contribution >= 0.6 is 11.3 Å². The van der Waals surface area contributed by atoms with Crippen LogP contribution < -0.4 is 0 Å². The summed E-state index contributed by atoms with van der Waals surface area (Å²) in [6.07, 6.45) is 1.94. The zero-order chi connectivity index (χ0) is 17.5. The fraction of sp³-hybridized carbons (Fsp3) is 0.500. The van der Waals surface area contributed by atoms with Gasteiger partial charge in [0.25, 0.3) is 0 Å². The zero-order valence-electron chi connectivity index (χ0n) is 14.2. The molecule has 0 aliphatic carbocycles. The maximum atomic E-state index is 12.4. The van der Waals surface area contributed by atoms with E-state index in [1.54, 1.807) is 16.2 Å². The predicted molar refractivity (Wildman–Crippen MR) is 96.2 cm³/mol. The van der Waals surface area contributed by atoms with Crippen LogP contribution in [0.3, 0.4) is 0 Å². The Labute approximate surface area is 146 Å². The van der Waals surface area contributed by atoms with Gasteiger partial charge in [-0.1, -0.05) is 26.0 Å². The van der Waals surface area contributed by atoms with Gasteiger partial charge in [0, 0.05) is 19.5 Å². The molecule has 1 heterocycles. The molecule has 0 spiro atoms. The third-order valence-corrected chi connectivity index (χ3v) is 4.75. The number of benzene rings is 1. The van der Waals surface area contributed by atoms with Gasteiger partial charge in [-0.05, 0) is 30.9 Å². The highest BCUT2D eigenvalue weighted by Gasteiger charge is 2.16. The summed E-state index contributed by atoms with van der Waals surface area (Å²) in [7, 11) is 0. The van der Waals surface area contributed by atoms with Crippen LogP contribution in [0.2, 0.25) is 0 Å². The molecule has 0 unspecified atom stereocenters. The summed E-state index contributed by atoms with van der Waals surface area (Å²) in [5.74, 6) is -0.510. The number of thiazole rings is 1. The molecule has 2 aromatic rings. The summed E-state index contributed by atoms with van der Waals surface area (Å²) < 4.78 is 1.17. The number of hydrogen-bond donors (Lipinski definition) is 1. The minimum atomic E-state index is -0.869. The van der Waals surface area contributed by atoms with Crippen molar-refractivity contribution in [2.45, 2.75) is 39.5 Å². The van der Waals surface area contributed by atoms with Gasteiger partial charge in [-0.15, -0.1) is 11.3 Å². The Kier molecular flexibility index (Phi) is 6.73. The van der Waals surface area contributed by atoms with Gasteiger partial charge in [0.05, 0.1) is 21.6 Å². The number of carbonyl (C=O) groups is 2. The standard InChI is InChI=1S/C18H24N2O3S/c1-13(2)12-20(11-10-18(22)23)17(21)9-5-8-16-19-14-6-3-4-7-15(14)24-16/h3-4,6-7,13H,5,8-12H2,1-2H3,(H,22,23). The van der Waals surface area contributed by atoms with E-state index in [2.05, 4.69) is 11.1 Å². The number of aromatic nitrogens is 1.